The van der Waals surface area contributed by atoms with Crippen molar-refractivity contribution in [3.05, 3.63) is 35.1 Å². The molecule has 156 valence electrons. The lowest BCUT2D eigenvalue weighted by atomic mass is 9.99. The van der Waals surface area contributed by atoms with Gasteiger partial charge in [-0.2, -0.15) is 4.98 Å². The molecule has 29 heavy (non-hydrogen) atoms. The van der Waals surface area contributed by atoms with E-state index in [1.165, 1.54) is 12.8 Å². The number of aryl methyl sites for hydroxylation is 1. The molecule has 1 saturated heterocycles. The Hall–Kier alpha value is -2.48. The van der Waals surface area contributed by atoms with Crippen molar-refractivity contribution >= 4 is 5.91 Å². The summed E-state index contributed by atoms with van der Waals surface area (Å²) in [4.78, 5) is 21.8. The van der Waals surface area contributed by atoms with Crippen molar-refractivity contribution in [2.75, 3.05) is 13.2 Å². The Morgan fingerprint density at radius 3 is 2.83 bits per heavy atom. The summed E-state index contributed by atoms with van der Waals surface area (Å²) in [5.41, 5.74) is 1.20. The molecule has 0 spiro atoms. The van der Waals surface area contributed by atoms with Crippen molar-refractivity contribution in [3.63, 3.8) is 0 Å². The second kappa shape index (κ2) is 8.90. The highest BCUT2D eigenvalue weighted by atomic mass is 16.5. The minimum atomic E-state index is -0.237. The zero-order valence-electron chi connectivity index (χ0n) is 17.0. The van der Waals surface area contributed by atoms with Gasteiger partial charge in [0, 0.05) is 37.6 Å². The Labute approximate surface area is 170 Å². The number of amides is 1. The highest BCUT2D eigenvalue weighted by molar-refractivity contribution is 5.94. The fourth-order valence-electron chi connectivity index (χ4n) is 3.49. The lowest BCUT2D eigenvalue weighted by Crippen LogP contribution is -2.36. The van der Waals surface area contributed by atoms with Crippen LogP contribution in [0.25, 0.3) is 0 Å². The van der Waals surface area contributed by atoms with E-state index in [2.05, 4.69) is 20.4 Å². The van der Waals surface area contributed by atoms with Crippen LogP contribution in [-0.4, -0.2) is 40.3 Å². The molecule has 2 atom stereocenters. The summed E-state index contributed by atoms with van der Waals surface area (Å²) in [6.07, 6.45) is 5.81. The third-order valence-electron chi connectivity index (χ3n) is 5.24. The molecule has 0 aromatic carbocycles. The van der Waals surface area contributed by atoms with E-state index >= 15 is 0 Å². The Balaban J connectivity index is 1.49. The summed E-state index contributed by atoms with van der Waals surface area (Å²) in [5, 5.41) is 6.90. The predicted octanol–water partition coefficient (Wildman–Crippen LogP) is 3.16. The van der Waals surface area contributed by atoms with Gasteiger partial charge in [-0.25, -0.2) is 4.98 Å². The number of hydrogen-bond donors (Lipinski definition) is 1. The predicted molar refractivity (Wildman–Crippen MR) is 105 cm³/mol. The molecule has 2 fully saturated rings. The topological polar surface area (TPSA) is 99.4 Å². The van der Waals surface area contributed by atoms with Crippen LogP contribution in [0.3, 0.4) is 0 Å². The molecule has 2 aromatic rings. The van der Waals surface area contributed by atoms with Crippen molar-refractivity contribution in [1.82, 2.24) is 20.4 Å². The lowest BCUT2D eigenvalue weighted by Gasteiger charge is -2.25. The van der Waals surface area contributed by atoms with Gasteiger partial charge in [-0.15, -0.1) is 0 Å². The van der Waals surface area contributed by atoms with Crippen LogP contribution in [-0.2, 0) is 11.2 Å². The summed E-state index contributed by atoms with van der Waals surface area (Å²) in [6, 6.07) is 3.60. The maximum atomic E-state index is 13.1. The Morgan fingerprint density at radius 1 is 1.28 bits per heavy atom. The number of nitrogens with one attached hydrogen (secondary N) is 1. The first-order valence-corrected chi connectivity index (χ1v) is 10.4. The van der Waals surface area contributed by atoms with Crippen molar-refractivity contribution in [1.29, 1.82) is 0 Å². The van der Waals surface area contributed by atoms with Crippen LogP contribution in [0.15, 0.2) is 16.7 Å². The molecule has 1 aliphatic carbocycles. The standard InChI is InChI=1S/C21H28N4O4/c1-13(11-18-23-14(2)29-25-18)22-21(26)20-16(17-5-3-4-10-27-17)8-9-19(24-20)28-12-15-6-7-15/h8-9,13,15,17H,3-7,10-12H2,1-2H3,(H,22,26). The van der Waals surface area contributed by atoms with Crippen molar-refractivity contribution in [2.45, 2.75) is 64.5 Å². The summed E-state index contributed by atoms with van der Waals surface area (Å²) in [6.45, 7) is 5.02. The summed E-state index contributed by atoms with van der Waals surface area (Å²) in [7, 11) is 0. The SMILES string of the molecule is Cc1nc(CC(C)NC(=O)c2nc(OCC3CC3)ccc2C2CCCCO2)no1. The first-order chi connectivity index (χ1) is 14.1. The minimum Gasteiger partial charge on any atom is -0.477 e. The molecule has 0 radical (unpaired) electrons. The van der Waals surface area contributed by atoms with Crippen LogP contribution in [0, 0.1) is 12.8 Å². The van der Waals surface area contributed by atoms with Crippen LogP contribution >= 0.6 is 0 Å². The maximum absolute atomic E-state index is 13.1. The molecule has 8 nitrogen and oxygen atoms in total. The third-order valence-corrected chi connectivity index (χ3v) is 5.24. The Bertz CT molecular complexity index is 843. The largest absolute Gasteiger partial charge is 0.477 e. The molecule has 2 aromatic heterocycles. The smallest absolute Gasteiger partial charge is 0.270 e. The average Bonchev–Trinajstić information content (AvgIpc) is 3.47. The Morgan fingerprint density at radius 2 is 2.14 bits per heavy atom. The van der Waals surface area contributed by atoms with Gasteiger partial charge in [0.15, 0.2) is 5.82 Å². The van der Waals surface area contributed by atoms with Gasteiger partial charge in [0.1, 0.15) is 5.69 Å². The van der Waals surface area contributed by atoms with Crippen LogP contribution in [0.5, 0.6) is 5.88 Å². The number of carbonyl (C=O) groups excluding carboxylic acids is 1. The van der Waals surface area contributed by atoms with E-state index in [0.717, 1.165) is 24.8 Å². The van der Waals surface area contributed by atoms with E-state index < -0.39 is 0 Å². The highest BCUT2D eigenvalue weighted by Crippen LogP contribution is 2.32. The van der Waals surface area contributed by atoms with E-state index in [1.807, 2.05) is 19.1 Å². The molecule has 1 saturated carbocycles. The van der Waals surface area contributed by atoms with Crippen molar-refractivity contribution in [2.24, 2.45) is 5.92 Å². The monoisotopic (exact) mass is 400 g/mol. The molecular formula is C21H28N4O4. The maximum Gasteiger partial charge on any atom is 0.270 e. The molecule has 2 aliphatic rings. The second-order valence-electron chi connectivity index (χ2n) is 8.01. The molecule has 0 bridgehead atoms. The van der Waals surface area contributed by atoms with E-state index in [-0.39, 0.29) is 18.1 Å². The van der Waals surface area contributed by atoms with Gasteiger partial charge in [-0.05, 0) is 51.0 Å². The number of nitrogens with zero attached hydrogens (tertiary/aromatic N) is 3. The van der Waals surface area contributed by atoms with Crippen LogP contribution in [0.4, 0.5) is 0 Å². The number of carbonyl (C=O) groups is 1. The third kappa shape index (κ3) is 5.32. The molecule has 2 unspecified atom stereocenters. The van der Waals surface area contributed by atoms with Gasteiger partial charge in [0.2, 0.25) is 11.8 Å². The molecule has 1 amide bonds. The van der Waals surface area contributed by atoms with E-state index in [0.29, 0.717) is 48.8 Å². The summed E-state index contributed by atoms with van der Waals surface area (Å²) in [5.74, 6) is 1.95. The lowest BCUT2D eigenvalue weighted by molar-refractivity contribution is 0.0140. The molecule has 8 heteroatoms. The van der Waals surface area contributed by atoms with Gasteiger partial charge in [-0.1, -0.05) is 5.16 Å². The zero-order valence-corrected chi connectivity index (χ0v) is 17.0. The van der Waals surface area contributed by atoms with Gasteiger partial charge in [-0.3, -0.25) is 4.79 Å². The normalized spacial score (nSPS) is 20.3. The van der Waals surface area contributed by atoms with Gasteiger partial charge >= 0.3 is 0 Å². The number of ether oxygens (including phenoxy) is 2. The number of pyridine rings is 1. The van der Waals surface area contributed by atoms with Crippen molar-refractivity contribution in [3.8, 4) is 5.88 Å². The fourth-order valence-corrected chi connectivity index (χ4v) is 3.49. The van der Waals surface area contributed by atoms with Gasteiger partial charge in [0.25, 0.3) is 5.91 Å². The molecule has 1 N–H and O–H groups in total. The van der Waals surface area contributed by atoms with E-state index in [4.69, 9.17) is 14.0 Å². The fraction of sp³-hybridized carbons (Fsp3) is 0.619. The molecule has 4 rings (SSSR count). The minimum absolute atomic E-state index is 0.107. The number of rotatable bonds is 8. The molecule has 3 heterocycles. The molecule has 1 aliphatic heterocycles. The number of hydrogen-bond acceptors (Lipinski definition) is 7. The highest BCUT2D eigenvalue weighted by Gasteiger charge is 2.26. The van der Waals surface area contributed by atoms with Crippen LogP contribution in [0.2, 0.25) is 0 Å². The van der Waals surface area contributed by atoms with Gasteiger partial charge < -0.3 is 19.3 Å². The summed E-state index contributed by atoms with van der Waals surface area (Å²) >= 11 is 0. The molecular weight excluding hydrogens is 372 g/mol. The van der Waals surface area contributed by atoms with Crippen molar-refractivity contribution < 1.29 is 18.8 Å². The van der Waals surface area contributed by atoms with Crippen LogP contribution < -0.4 is 10.1 Å². The summed E-state index contributed by atoms with van der Waals surface area (Å²) < 4.78 is 16.7. The van der Waals surface area contributed by atoms with E-state index in [1.54, 1.807) is 6.92 Å². The first kappa shape index (κ1) is 19.8. The average molecular weight is 400 g/mol. The van der Waals surface area contributed by atoms with Gasteiger partial charge in [0.05, 0.1) is 12.7 Å². The first-order valence-electron chi connectivity index (χ1n) is 10.4. The van der Waals surface area contributed by atoms with Crippen LogP contribution in [0.1, 0.15) is 72.9 Å². The zero-order chi connectivity index (χ0) is 20.2. The second-order valence-corrected chi connectivity index (χ2v) is 8.01. The van der Waals surface area contributed by atoms with E-state index in [9.17, 15) is 4.79 Å². The Kier molecular flexibility index (Phi) is 6.08. The number of aromatic nitrogens is 3. The quantitative estimate of drug-likeness (QED) is 0.726.